The quantitative estimate of drug-likeness (QED) is 0.224. The molecule has 0 aromatic heterocycles. The van der Waals surface area contributed by atoms with Crippen molar-refractivity contribution >= 4 is 8.53 Å². The van der Waals surface area contributed by atoms with Crippen LogP contribution in [0.4, 0.5) is 0 Å². The second kappa shape index (κ2) is 19.4. The molecule has 1 unspecified atom stereocenters. The Balaban J connectivity index is 2.94. The average Bonchev–Trinajstić information content (AvgIpc) is 2.50. The van der Waals surface area contributed by atoms with Gasteiger partial charge in [-0.05, 0) is 6.42 Å². The van der Waals surface area contributed by atoms with Gasteiger partial charge in [-0.25, -0.2) is 0 Å². The van der Waals surface area contributed by atoms with Crippen LogP contribution in [0.5, 0.6) is 0 Å². The van der Waals surface area contributed by atoms with Gasteiger partial charge in [0.1, 0.15) is 0 Å². The van der Waals surface area contributed by atoms with Crippen LogP contribution in [0, 0.1) is 0 Å². The van der Waals surface area contributed by atoms with E-state index in [0.717, 1.165) is 6.42 Å². The Hall–Kier alpha value is 0.310. The van der Waals surface area contributed by atoms with Gasteiger partial charge in [-0.1, -0.05) is 103 Å². The third-order valence-electron chi connectivity index (χ3n) is 4.22. The summed E-state index contributed by atoms with van der Waals surface area (Å²) in [5.74, 6) is 0. The first kappa shape index (κ1) is 22.3. The van der Waals surface area contributed by atoms with Crippen LogP contribution >= 0.6 is 8.53 Å². The SMILES string of the molecule is CCCCCCCCCCCCCCCCCCOP(N)O. The monoisotopic (exact) mass is 333 g/mol. The minimum absolute atomic E-state index is 0.608. The summed E-state index contributed by atoms with van der Waals surface area (Å²) < 4.78 is 4.96. The number of unbranched alkanes of at least 4 members (excludes halogenated alkanes) is 15. The fraction of sp³-hybridized carbons (Fsp3) is 1.00. The molecule has 0 aliphatic carbocycles. The molecule has 0 rings (SSSR count). The molecule has 0 fully saturated rings. The van der Waals surface area contributed by atoms with E-state index in [2.05, 4.69) is 6.92 Å². The number of hydrogen-bond donors (Lipinski definition) is 2. The van der Waals surface area contributed by atoms with E-state index in [9.17, 15) is 0 Å². The molecule has 3 N–H and O–H groups in total. The Labute approximate surface area is 140 Å². The maximum absolute atomic E-state index is 8.80. The molecule has 0 heterocycles. The fourth-order valence-electron chi connectivity index (χ4n) is 2.81. The highest BCUT2D eigenvalue weighted by Gasteiger charge is 1.97. The minimum Gasteiger partial charge on any atom is -0.338 e. The van der Waals surface area contributed by atoms with Crippen molar-refractivity contribution < 1.29 is 9.42 Å². The summed E-state index contributed by atoms with van der Waals surface area (Å²) >= 11 is 0. The van der Waals surface area contributed by atoms with Crippen LogP contribution < -0.4 is 5.50 Å². The Bertz CT molecular complexity index is 204. The van der Waals surface area contributed by atoms with Crippen LogP contribution in [0.15, 0.2) is 0 Å². The molecule has 0 aromatic rings. The first-order valence-electron chi connectivity index (χ1n) is 9.64. The average molecular weight is 333 g/mol. The van der Waals surface area contributed by atoms with Crippen molar-refractivity contribution in [2.75, 3.05) is 6.61 Å². The van der Waals surface area contributed by atoms with Gasteiger partial charge in [-0.15, -0.1) is 0 Å². The van der Waals surface area contributed by atoms with E-state index in [-0.39, 0.29) is 0 Å². The van der Waals surface area contributed by atoms with E-state index in [1.54, 1.807) is 0 Å². The summed E-state index contributed by atoms with van der Waals surface area (Å²) in [6.07, 6.45) is 21.9. The minimum atomic E-state index is -1.64. The lowest BCUT2D eigenvalue weighted by atomic mass is 10.0. The van der Waals surface area contributed by atoms with Gasteiger partial charge in [0, 0.05) is 0 Å². The summed E-state index contributed by atoms with van der Waals surface area (Å²) in [5.41, 5.74) is 5.16. The van der Waals surface area contributed by atoms with E-state index in [1.165, 1.54) is 96.3 Å². The standard InChI is InChI=1S/C18H40NO2P/c1-2-3-4-5-6-7-8-9-10-11-12-13-14-15-16-17-18-21-22(19)20/h20H,2-19H2,1H3. The van der Waals surface area contributed by atoms with Crippen molar-refractivity contribution in [1.82, 2.24) is 0 Å². The van der Waals surface area contributed by atoms with Crippen molar-refractivity contribution in [3.05, 3.63) is 0 Å². The van der Waals surface area contributed by atoms with Crippen molar-refractivity contribution in [2.45, 2.75) is 110 Å². The third-order valence-corrected chi connectivity index (χ3v) is 4.67. The zero-order valence-corrected chi connectivity index (χ0v) is 15.8. The normalized spacial score (nSPS) is 12.7. The van der Waals surface area contributed by atoms with Crippen LogP contribution in [0.1, 0.15) is 110 Å². The molecule has 0 saturated heterocycles. The highest BCUT2D eigenvalue weighted by Crippen LogP contribution is 2.20. The lowest BCUT2D eigenvalue weighted by Gasteiger charge is -2.05. The molecule has 1 atom stereocenters. The lowest BCUT2D eigenvalue weighted by Crippen LogP contribution is -1.95. The molecular formula is C18H40NO2P. The van der Waals surface area contributed by atoms with Gasteiger partial charge < -0.3 is 9.42 Å². The molecule has 0 spiro atoms. The van der Waals surface area contributed by atoms with Gasteiger partial charge in [0.05, 0.1) is 6.61 Å². The highest BCUT2D eigenvalue weighted by atomic mass is 31.2. The van der Waals surface area contributed by atoms with Crippen LogP contribution in [0.3, 0.4) is 0 Å². The smallest absolute Gasteiger partial charge is 0.250 e. The Morgan fingerprint density at radius 1 is 0.636 bits per heavy atom. The topological polar surface area (TPSA) is 55.5 Å². The largest absolute Gasteiger partial charge is 0.338 e. The molecule has 22 heavy (non-hydrogen) atoms. The van der Waals surface area contributed by atoms with E-state index >= 15 is 0 Å². The molecule has 0 amide bonds. The van der Waals surface area contributed by atoms with Crippen LogP contribution in [-0.2, 0) is 4.52 Å². The fourth-order valence-corrected chi connectivity index (χ4v) is 3.12. The van der Waals surface area contributed by atoms with E-state index in [1.807, 2.05) is 0 Å². The predicted molar refractivity (Wildman–Crippen MR) is 98.8 cm³/mol. The van der Waals surface area contributed by atoms with E-state index in [0.29, 0.717) is 6.61 Å². The van der Waals surface area contributed by atoms with Gasteiger partial charge in [0.25, 0.3) is 0 Å². The molecule has 0 aromatic carbocycles. The molecule has 0 saturated carbocycles. The molecule has 0 aliphatic heterocycles. The summed E-state index contributed by atoms with van der Waals surface area (Å²) in [6.45, 7) is 2.89. The lowest BCUT2D eigenvalue weighted by molar-refractivity contribution is 0.298. The van der Waals surface area contributed by atoms with Gasteiger partial charge in [-0.3, -0.25) is 5.50 Å². The summed E-state index contributed by atoms with van der Waals surface area (Å²) in [5, 5.41) is 0. The molecule has 0 bridgehead atoms. The Morgan fingerprint density at radius 2 is 0.955 bits per heavy atom. The maximum atomic E-state index is 8.80. The number of hydrogen-bond acceptors (Lipinski definition) is 3. The first-order chi connectivity index (χ1) is 10.8. The molecule has 0 radical (unpaired) electrons. The van der Waals surface area contributed by atoms with Gasteiger partial charge in [-0.2, -0.15) is 0 Å². The highest BCUT2D eigenvalue weighted by molar-refractivity contribution is 7.43. The summed E-state index contributed by atoms with van der Waals surface area (Å²) in [6, 6.07) is 0. The molecule has 3 nitrogen and oxygen atoms in total. The van der Waals surface area contributed by atoms with Crippen LogP contribution in [0.25, 0.3) is 0 Å². The van der Waals surface area contributed by atoms with Crippen molar-refractivity contribution in [3.8, 4) is 0 Å². The van der Waals surface area contributed by atoms with Crippen molar-refractivity contribution in [3.63, 3.8) is 0 Å². The number of rotatable bonds is 18. The zero-order valence-electron chi connectivity index (χ0n) is 14.9. The van der Waals surface area contributed by atoms with Crippen molar-refractivity contribution in [2.24, 2.45) is 5.50 Å². The van der Waals surface area contributed by atoms with E-state index in [4.69, 9.17) is 14.9 Å². The molecule has 0 aliphatic rings. The zero-order chi connectivity index (χ0) is 16.3. The Kier molecular flexibility index (Phi) is 19.6. The first-order valence-corrected chi connectivity index (χ1v) is 10.9. The van der Waals surface area contributed by atoms with Gasteiger partial charge >= 0.3 is 0 Å². The second-order valence-corrected chi connectivity index (χ2v) is 7.30. The summed E-state index contributed by atoms with van der Waals surface area (Å²) in [4.78, 5) is 8.80. The van der Waals surface area contributed by atoms with E-state index < -0.39 is 8.53 Å². The predicted octanol–water partition coefficient (Wildman–Crippen LogP) is 6.44. The second-order valence-electron chi connectivity index (χ2n) is 6.44. The molecule has 134 valence electrons. The summed E-state index contributed by atoms with van der Waals surface area (Å²) in [7, 11) is -1.64. The van der Waals surface area contributed by atoms with Gasteiger partial charge in [0.15, 0.2) is 0 Å². The van der Waals surface area contributed by atoms with Gasteiger partial charge in [0.2, 0.25) is 8.53 Å². The Morgan fingerprint density at radius 3 is 1.27 bits per heavy atom. The van der Waals surface area contributed by atoms with Crippen LogP contribution in [-0.4, -0.2) is 11.5 Å². The third kappa shape index (κ3) is 20.3. The van der Waals surface area contributed by atoms with Crippen molar-refractivity contribution in [1.29, 1.82) is 0 Å². The van der Waals surface area contributed by atoms with Crippen LogP contribution in [0.2, 0.25) is 0 Å². The molecule has 4 heteroatoms. The maximum Gasteiger partial charge on any atom is 0.250 e. The number of nitrogens with two attached hydrogens (primary N) is 1. The molecular weight excluding hydrogens is 293 g/mol.